The highest BCUT2D eigenvalue weighted by molar-refractivity contribution is 4.83. The summed E-state index contributed by atoms with van der Waals surface area (Å²) in [7, 11) is 0. The Kier molecular flexibility index (Phi) is 4.77. The van der Waals surface area contributed by atoms with Crippen molar-refractivity contribution in [3.8, 4) is 0 Å². The molecule has 0 bridgehead atoms. The fourth-order valence-electron chi connectivity index (χ4n) is 2.02. The largest absolute Gasteiger partial charge is 0.374 e. The number of hydrogen-bond acceptors (Lipinski definition) is 3. The first-order chi connectivity index (χ1) is 7.33. The summed E-state index contributed by atoms with van der Waals surface area (Å²) in [4.78, 5) is 0. The lowest BCUT2D eigenvalue weighted by atomic mass is 9.85. The van der Waals surface area contributed by atoms with E-state index in [1.807, 2.05) is 0 Å². The van der Waals surface area contributed by atoms with Crippen molar-refractivity contribution in [2.24, 2.45) is 11.1 Å². The van der Waals surface area contributed by atoms with Crippen molar-refractivity contribution in [2.45, 2.75) is 58.6 Å². The number of rotatable bonds is 5. The predicted octanol–water partition coefficient (Wildman–Crippen LogP) is 1.91. The molecule has 16 heavy (non-hydrogen) atoms. The van der Waals surface area contributed by atoms with Gasteiger partial charge in [-0.25, -0.2) is 0 Å². The molecule has 2 unspecified atom stereocenters. The molecule has 0 radical (unpaired) electrons. The van der Waals surface area contributed by atoms with Gasteiger partial charge in [-0.1, -0.05) is 20.8 Å². The minimum Gasteiger partial charge on any atom is -0.374 e. The van der Waals surface area contributed by atoms with E-state index in [0.29, 0.717) is 0 Å². The molecule has 1 aliphatic heterocycles. The Morgan fingerprint density at radius 3 is 2.62 bits per heavy atom. The summed E-state index contributed by atoms with van der Waals surface area (Å²) in [6.07, 6.45) is 3.39. The van der Waals surface area contributed by atoms with E-state index >= 15 is 0 Å². The van der Waals surface area contributed by atoms with Crippen molar-refractivity contribution in [3.05, 3.63) is 0 Å². The van der Waals surface area contributed by atoms with Crippen molar-refractivity contribution in [2.75, 3.05) is 19.7 Å². The molecular weight excluding hydrogens is 200 g/mol. The first-order valence-electron chi connectivity index (χ1n) is 6.44. The van der Waals surface area contributed by atoms with Crippen molar-refractivity contribution in [1.82, 2.24) is 5.32 Å². The van der Waals surface area contributed by atoms with Crippen LogP contribution in [0.15, 0.2) is 0 Å². The lowest BCUT2D eigenvalue weighted by Gasteiger charge is -2.28. The quantitative estimate of drug-likeness (QED) is 0.707. The van der Waals surface area contributed by atoms with Crippen LogP contribution in [0.3, 0.4) is 0 Å². The molecule has 0 saturated carbocycles. The molecule has 0 amide bonds. The second-order valence-corrected chi connectivity index (χ2v) is 6.34. The Hall–Kier alpha value is -0.120. The van der Waals surface area contributed by atoms with Crippen LogP contribution in [0.1, 0.15) is 47.0 Å². The van der Waals surface area contributed by atoms with E-state index in [0.717, 1.165) is 26.1 Å². The van der Waals surface area contributed by atoms with Crippen LogP contribution in [0.5, 0.6) is 0 Å². The minimum absolute atomic E-state index is 0.0613. The summed E-state index contributed by atoms with van der Waals surface area (Å²) in [5.41, 5.74) is 6.37. The van der Waals surface area contributed by atoms with Gasteiger partial charge in [-0.3, -0.25) is 0 Å². The molecule has 0 aromatic rings. The number of nitrogens with one attached hydrogen (secondary N) is 1. The average Bonchev–Trinajstić information content (AvgIpc) is 2.58. The fourth-order valence-corrected chi connectivity index (χ4v) is 2.02. The molecule has 2 atom stereocenters. The summed E-state index contributed by atoms with van der Waals surface area (Å²) in [5, 5.41) is 3.47. The van der Waals surface area contributed by atoms with Gasteiger partial charge in [0.15, 0.2) is 0 Å². The third kappa shape index (κ3) is 4.40. The summed E-state index contributed by atoms with van der Waals surface area (Å²) >= 11 is 0. The molecule has 0 aromatic heterocycles. The van der Waals surface area contributed by atoms with E-state index in [4.69, 9.17) is 10.5 Å². The zero-order chi connectivity index (χ0) is 12.2. The first-order valence-corrected chi connectivity index (χ1v) is 6.44. The zero-order valence-electron chi connectivity index (χ0n) is 11.3. The molecule has 1 rings (SSSR count). The van der Waals surface area contributed by atoms with E-state index in [1.54, 1.807) is 0 Å². The van der Waals surface area contributed by atoms with Crippen LogP contribution in [0.2, 0.25) is 0 Å². The van der Waals surface area contributed by atoms with Crippen molar-refractivity contribution < 1.29 is 4.74 Å². The molecule has 3 heteroatoms. The maximum absolute atomic E-state index is 6.11. The Bertz CT molecular complexity index is 204. The summed E-state index contributed by atoms with van der Waals surface area (Å²) in [6, 6.07) is 0.261. The highest BCUT2D eigenvalue weighted by atomic mass is 16.5. The first kappa shape index (κ1) is 13.9. The second-order valence-electron chi connectivity index (χ2n) is 6.34. The summed E-state index contributed by atoms with van der Waals surface area (Å²) in [5.74, 6) is 0. The van der Waals surface area contributed by atoms with Crippen LogP contribution in [0, 0.1) is 5.41 Å². The van der Waals surface area contributed by atoms with Crippen LogP contribution in [0.25, 0.3) is 0 Å². The molecule has 1 aliphatic rings. The molecule has 1 heterocycles. The molecule has 0 spiro atoms. The monoisotopic (exact) mass is 228 g/mol. The number of nitrogens with two attached hydrogens (primary N) is 1. The lowest BCUT2D eigenvalue weighted by molar-refractivity contribution is 0.0208. The summed E-state index contributed by atoms with van der Waals surface area (Å²) in [6.45, 7) is 11.6. The predicted molar refractivity (Wildman–Crippen MR) is 68.5 cm³/mol. The van der Waals surface area contributed by atoms with E-state index in [-0.39, 0.29) is 17.1 Å². The Morgan fingerprint density at radius 2 is 2.12 bits per heavy atom. The van der Waals surface area contributed by atoms with E-state index < -0.39 is 0 Å². The molecule has 96 valence electrons. The van der Waals surface area contributed by atoms with Crippen molar-refractivity contribution in [1.29, 1.82) is 0 Å². The van der Waals surface area contributed by atoms with Gasteiger partial charge in [0.05, 0.1) is 5.60 Å². The van der Waals surface area contributed by atoms with Gasteiger partial charge in [0.1, 0.15) is 0 Å². The summed E-state index contributed by atoms with van der Waals surface area (Å²) < 4.78 is 5.72. The lowest BCUT2D eigenvalue weighted by Crippen LogP contribution is -2.41. The van der Waals surface area contributed by atoms with E-state index in [9.17, 15) is 0 Å². The third-order valence-electron chi connectivity index (χ3n) is 3.54. The molecule has 1 saturated heterocycles. The van der Waals surface area contributed by atoms with Crippen LogP contribution in [-0.4, -0.2) is 31.3 Å². The van der Waals surface area contributed by atoms with Crippen LogP contribution >= 0.6 is 0 Å². The number of ether oxygens (including phenoxy) is 1. The Balaban J connectivity index is 2.12. The molecular formula is C13H28N2O. The maximum Gasteiger partial charge on any atom is 0.0779 e. The molecule has 0 aromatic carbocycles. The van der Waals surface area contributed by atoms with Crippen LogP contribution < -0.4 is 11.1 Å². The van der Waals surface area contributed by atoms with Gasteiger partial charge >= 0.3 is 0 Å². The van der Waals surface area contributed by atoms with Gasteiger partial charge in [-0.2, -0.15) is 0 Å². The highest BCUT2D eigenvalue weighted by Crippen LogP contribution is 2.24. The van der Waals surface area contributed by atoms with Gasteiger partial charge in [0.2, 0.25) is 0 Å². The van der Waals surface area contributed by atoms with Gasteiger partial charge < -0.3 is 15.8 Å². The van der Waals surface area contributed by atoms with Gasteiger partial charge in [0, 0.05) is 19.2 Å². The SMILES string of the molecule is CC1(CNCCC(N)C(C)(C)C)CCCO1. The van der Waals surface area contributed by atoms with Crippen LogP contribution in [-0.2, 0) is 4.74 Å². The van der Waals surface area contributed by atoms with Crippen LogP contribution in [0.4, 0.5) is 0 Å². The second kappa shape index (κ2) is 5.48. The van der Waals surface area contributed by atoms with Gasteiger partial charge in [-0.15, -0.1) is 0 Å². The highest BCUT2D eigenvalue weighted by Gasteiger charge is 2.29. The Morgan fingerprint density at radius 1 is 1.44 bits per heavy atom. The maximum atomic E-state index is 6.11. The smallest absolute Gasteiger partial charge is 0.0779 e. The molecule has 1 fully saturated rings. The normalized spacial score (nSPS) is 28.3. The van der Waals surface area contributed by atoms with E-state index in [2.05, 4.69) is 33.0 Å². The zero-order valence-corrected chi connectivity index (χ0v) is 11.3. The van der Waals surface area contributed by atoms with Crippen molar-refractivity contribution >= 4 is 0 Å². The van der Waals surface area contributed by atoms with Gasteiger partial charge in [-0.05, 0) is 38.1 Å². The topological polar surface area (TPSA) is 47.3 Å². The molecule has 0 aliphatic carbocycles. The van der Waals surface area contributed by atoms with Crippen molar-refractivity contribution in [3.63, 3.8) is 0 Å². The minimum atomic E-state index is 0.0613. The van der Waals surface area contributed by atoms with E-state index in [1.165, 1.54) is 12.8 Å². The van der Waals surface area contributed by atoms with Gasteiger partial charge in [0.25, 0.3) is 0 Å². The average molecular weight is 228 g/mol. The standard InChI is InChI=1S/C13H28N2O/c1-12(2,3)11(14)6-8-15-10-13(4)7-5-9-16-13/h11,15H,5-10,14H2,1-4H3. The fraction of sp³-hybridized carbons (Fsp3) is 1.00. The third-order valence-corrected chi connectivity index (χ3v) is 3.54. The molecule has 3 N–H and O–H groups in total. The Labute approximate surface area is 100 Å². The number of hydrogen-bond donors (Lipinski definition) is 2. The molecule has 3 nitrogen and oxygen atoms in total.